The first-order chi connectivity index (χ1) is 12.0. The summed E-state index contributed by atoms with van der Waals surface area (Å²) in [6.45, 7) is 3.72. The number of hydrazone groups is 1. The summed E-state index contributed by atoms with van der Waals surface area (Å²) in [7, 11) is 1.47. The smallest absolute Gasteiger partial charge is 0.290 e. The van der Waals surface area contributed by atoms with Crippen molar-refractivity contribution in [3.05, 3.63) is 59.0 Å². The number of benzene rings is 1. The van der Waals surface area contributed by atoms with E-state index in [4.69, 9.17) is 4.74 Å². The third kappa shape index (κ3) is 3.16. The molecule has 3 aromatic rings. The molecular weight excluding hydrogens is 320 g/mol. The van der Waals surface area contributed by atoms with Crippen molar-refractivity contribution in [1.82, 2.24) is 14.8 Å². The molecule has 0 saturated heterocycles. The van der Waals surface area contributed by atoms with Gasteiger partial charge in [-0.1, -0.05) is 12.1 Å². The number of phenols is 1. The molecule has 0 unspecified atom stereocenters. The topological polar surface area (TPSA) is 88.2 Å². The minimum atomic E-state index is -0.380. The number of aromatic nitrogens is 2. The molecule has 1 amide bonds. The van der Waals surface area contributed by atoms with Crippen molar-refractivity contribution in [2.45, 2.75) is 13.8 Å². The van der Waals surface area contributed by atoms with Crippen molar-refractivity contribution in [2.75, 3.05) is 7.11 Å². The van der Waals surface area contributed by atoms with Gasteiger partial charge in [-0.2, -0.15) is 5.10 Å². The summed E-state index contributed by atoms with van der Waals surface area (Å²) in [5, 5.41) is 13.9. The number of nitrogens with one attached hydrogen (secondary N) is 1. The van der Waals surface area contributed by atoms with Crippen LogP contribution >= 0.6 is 0 Å². The molecule has 0 aliphatic carbocycles. The van der Waals surface area contributed by atoms with Crippen LogP contribution in [0.5, 0.6) is 11.5 Å². The van der Waals surface area contributed by atoms with Gasteiger partial charge in [0.15, 0.2) is 11.5 Å². The Hall–Kier alpha value is -3.35. The summed E-state index contributed by atoms with van der Waals surface area (Å²) in [6, 6.07) is 8.81. The number of carbonyl (C=O) groups is 1. The van der Waals surface area contributed by atoms with E-state index in [1.165, 1.54) is 13.3 Å². The SMILES string of the molecule is COc1cccc(/C=N/NC(=O)c2c(C)nc3ccc(C)cn23)c1O. The van der Waals surface area contributed by atoms with Crippen molar-refractivity contribution >= 4 is 17.8 Å². The highest BCUT2D eigenvalue weighted by Crippen LogP contribution is 2.27. The van der Waals surface area contributed by atoms with Crippen LogP contribution in [0.1, 0.15) is 27.3 Å². The Morgan fingerprint density at radius 3 is 2.88 bits per heavy atom. The average molecular weight is 338 g/mol. The monoisotopic (exact) mass is 338 g/mol. The molecule has 2 heterocycles. The Labute approximate surface area is 144 Å². The molecule has 128 valence electrons. The summed E-state index contributed by atoms with van der Waals surface area (Å²) in [5.41, 5.74) is 5.65. The number of para-hydroxylation sites is 1. The quantitative estimate of drug-likeness (QED) is 0.565. The molecule has 0 bridgehead atoms. The predicted molar refractivity (Wildman–Crippen MR) is 94.4 cm³/mol. The first-order valence-electron chi connectivity index (χ1n) is 7.66. The zero-order valence-corrected chi connectivity index (χ0v) is 14.1. The number of fused-ring (bicyclic) bond motifs is 1. The van der Waals surface area contributed by atoms with Gasteiger partial charge in [0.05, 0.1) is 19.0 Å². The van der Waals surface area contributed by atoms with Crippen LogP contribution in [-0.4, -0.2) is 33.7 Å². The fourth-order valence-electron chi connectivity index (χ4n) is 2.56. The van der Waals surface area contributed by atoms with Crippen LogP contribution in [0, 0.1) is 13.8 Å². The Bertz CT molecular complexity index is 976. The molecule has 0 fully saturated rings. The number of hydrogen-bond donors (Lipinski definition) is 2. The number of aryl methyl sites for hydroxylation is 2. The molecule has 0 saturated carbocycles. The van der Waals surface area contributed by atoms with Crippen molar-refractivity contribution in [3.63, 3.8) is 0 Å². The second kappa shape index (κ2) is 6.64. The van der Waals surface area contributed by atoms with Crippen molar-refractivity contribution in [3.8, 4) is 11.5 Å². The summed E-state index contributed by atoms with van der Waals surface area (Å²) in [4.78, 5) is 16.8. The van der Waals surface area contributed by atoms with Gasteiger partial charge in [-0.15, -0.1) is 0 Å². The number of carbonyl (C=O) groups excluding carboxylic acids is 1. The van der Waals surface area contributed by atoms with Crippen LogP contribution in [0.15, 0.2) is 41.6 Å². The fraction of sp³-hybridized carbons (Fsp3) is 0.167. The van der Waals surface area contributed by atoms with E-state index in [1.54, 1.807) is 29.5 Å². The Kier molecular flexibility index (Phi) is 4.38. The molecular formula is C18H18N4O3. The summed E-state index contributed by atoms with van der Waals surface area (Å²) in [5.74, 6) is -0.0813. The lowest BCUT2D eigenvalue weighted by Gasteiger charge is -2.05. The number of aromatic hydroxyl groups is 1. The standard InChI is InChI=1S/C18H18N4O3/c1-11-7-8-15-20-12(2)16(22(15)10-11)18(24)21-19-9-13-5-4-6-14(25-3)17(13)23/h4-10,23H,1-3H3,(H,21,24)/b19-9+. The van der Waals surface area contributed by atoms with Gasteiger partial charge in [-0.05, 0) is 37.6 Å². The van der Waals surface area contributed by atoms with Crippen LogP contribution < -0.4 is 10.2 Å². The second-order valence-corrected chi connectivity index (χ2v) is 5.58. The van der Waals surface area contributed by atoms with Gasteiger partial charge in [-0.25, -0.2) is 10.4 Å². The van der Waals surface area contributed by atoms with Gasteiger partial charge in [0.2, 0.25) is 0 Å². The number of methoxy groups -OCH3 is 1. The molecule has 3 rings (SSSR count). The maximum Gasteiger partial charge on any atom is 0.290 e. The lowest BCUT2D eigenvalue weighted by molar-refractivity contribution is 0.0948. The third-order valence-electron chi connectivity index (χ3n) is 3.78. The molecule has 0 radical (unpaired) electrons. The molecule has 7 nitrogen and oxygen atoms in total. The molecule has 1 aromatic carbocycles. The van der Waals surface area contributed by atoms with Crippen molar-refractivity contribution in [1.29, 1.82) is 0 Å². The van der Waals surface area contributed by atoms with Gasteiger partial charge < -0.3 is 9.84 Å². The van der Waals surface area contributed by atoms with E-state index >= 15 is 0 Å². The van der Waals surface area contributed by atoms with Crippen LogP contribution in [0.3, 0.4) is 0 Å². The number of imidazole rings is 1. The van der Waals surface area contributed by atoms with Crippen LogP contribution in [0.2, 0.25) is 0 Å². The Balaban J connectivity index is 1.84. The highest BCUT2D eigenvalue weighted by atomic mass is 16.5. The maximum absolute atomic E-state index is 12.5. The maximum atomic E-state index is 12.5. The van der Waals surface area contributed by atoms with E-state index in [0.29, 0.717) is 28.3 Å². The normalized spacial score (nSPS) is 11.2. The molecule has 7 heteroatoms. The lowest BCUT2D eigenvalue weighted by atomic mass is 10.2. The minimum Gasteiger partial charge on any atom is -0.504 e. The van der Waals surface area contributed by atoms with Gasteiger partial charge in [0.1, 0.15) is 11.3 Å². The summed E-state index contributed by atoms with van der Waals surface area (Å²) in [6.07, 6.45) is 3.21. The molecule has 2 aromatic heterocycles. The van der Waals surface area contributed by atoms with Gasteiger partial charge in [0, 0.05) is 11.8 Å². The fourth-order valence-corrected chi connectivity index (χ4v) is 2.56. The number of pyridine rings is 1. The van der Waals surface area contributed by atoms with E-state index in [2.05, 4.69) is 15.5 Å². The highest BCUT2D eigenvalue weighted by molar-refractivity contribution is 5.95. The highest BCUT2D eigenvalue weighted by Gasteiger charge is 2.16. The molecule has 0 atom stereocenters. The molecule has 25 heavy (non-hydrogen) atoms. The molecule has 2 N–H and O–H groups in total. The average Bonchev–Trinajstić information content (AvgIpc) is 2.91. The predicted octanol–water partition coefficient (Wildman–Crippen LogP) is 2.43. The number of phenolic OH excluding ortho intramolecular Hbond substituents is 1. The lowest BCUT2D eigenvalue weighted by Crippen LogP contribution is -2.20. The Morgan fingerprint density at radius 1 is 1.32 bits per heavy atom. The number of amides is 1. The van der Waals surface area contributed by atoms with Crippen LogP contribution in [-0.2, 0) is 0 Å². The van der Waals surface area contributed by atoms with Gasteiger partial charge in [-0.3, -0.25) is 9.20 Å². The number of ether oxygens (including phenoxy) is 1. The first kappa shape index (κ1) is 16.5. The van der Waals surface area contributed by atoms with Gasteiger partial charge in [0.25, 0.3) is 5.91 Å². The minimum absolute atomic E-state index is 0.0374. The number of rotatable bonds is 4. The van der Waals surface area contributed by atoms with Crippen molar-refractivity contribution < 1.29 is 14.6 Å². The van der Waals surface area contributed by atoms with E-state index in [9.17, 15) is 9.90 Å². The van der Waals surface area contributed by atoms with Crippen molar-refractivity contribution in [2.24, 2.45) is 5.10 Å². The summed E-state index contributed by atoms with van der Waals surface area (Å²) >= 11 is 0. The van der Waals surface area contributed by atoms with Gasteiger partial charge >= 0.3 is 0 Å². The van der Waals surface area contributed by atoms with E-state index < -0.39 is 0 Å². The van der Waals surface area contributed by atoms with Crippen LogP contribution in [0.4, 0.5) is 0 Å². The zero-order valence-electron chi connectivity index (χ0n) is 14.1. The number of nitrogens with zero attached hydrogens (tertiary/aromatic N) is 3. The summed E-state index contributed by atoms with van der Waals surface area (Å²) < 4.78 is 6.77. The largest absolute Gasteiger partial charge is 0.504 e. The second-order valence-electron chi connectivity index (χ2n) is 5.58. The van der Waals surface area contributed by atoms with E-state index in [-0.39, 0.29) is 11.7 Å². The number of hydrogen-bond acceptors (Lipinski definition) is 5. The third-order valence-corrected chi connectivity index (χ3v) is 3.78. The Morgan fingerprint density at radius 2 is 2.12 bits per heavy atom. The molecule has 0 aliphatic heterocycles. The molecule has 0 spiro atoms. The van der Waals surface area contributed by atoms with E-state index in [1.807, 2.05) is 25.3 Å². The van der Waals surface area contributed by atoms with E-state index in [0.717, 1.165) is 5.56 Å². The molecule has 0 aliphatic rings. The van der Waals surface area contributed by atoms with Crippen LogP contribution in [0.25, 0.3) is 5.65 Å². The zero-order chi connectivity index (χ0) is 18.0. The first-order valence-corrected chi connectivity index (χ1v) is 7.66.